The van der Waals surface area contributed by atoms with Gasteiger partial charge in [0.05, 0.1) is 11.1 Å². The van der Waals surface area contributed by atoms with Crippen LogP contribution in [0.1, 0.15) is 32.6 Å². The summed E-state index contributed by atoms with van der Waals surface area (Å²) in [5.74, 6) is 1.71. The van der Waals surface area contributed by atoms with Gasteiger partial charge in [-0.1, -0.05) is 18.2 Å². The summed E-state index contributed by atoms with van der Waals surface area (Å²) in [5.41, 5.74) is 3.60. The number of Topliss-reactive ketones (excluding diaryl/α,β-unsaturated/α-hetero) is 1. The van der Waals surface area contributed by atoms with Gasteiger partial charge >= 0.3 is 0 Å². The van der Waals surface area contributed by atoms with Gasteiger partial charge in [0.1, 0.15) is 17.3 Å². The Hall–Kier alpha value is -3.88. The Labute approximate surface area is 214 Å². The maximum Gasteiger partial charge on any atom is 0.232 e. The Morgan fingerprint density at radius 3 is 2.41 bits per heavy atom. The predicted molar refractivity (Wildman–Crippen MR) is 135 cm³/mol. The molecule has 3 aliphatic heterocycles. The number of benzene rings is 3. The average molecular weight is 503 g/mol. The average Bonchev–Trinajstić information content (AvgIpc) is 3.48. The van der Waals surface area contributed by atoms with E-state index in [0.717, 1.165) is 44.2 Å². The second-order valence-electron chi connectivity index (χ2n) is 9.63. The number of phenolic OH excluding ortho intramolecular Hbond substituents is 1. The largest absolute Gasteiger partial charge is 0.507 e. The first kappa shape index (κ1) is 23.5. The number of carbonyl (C=O) groups excluding carboxylic acids is 1. The van der Waals surface area contributed by atoms with Crippen LogP contribution in [-0.2, 0) is 13.1 Å². The Kier molecular flexibility index (Phi) is 6.06. The van der Waals surface area contributed by atoms with Crippen molar-refractivity contribution in [2.24, 2.45) is 0 Å². The molecule has 6 rings (SSSR count). The van der Waals surface area contributed by atoms with E-state index in [1.54, 1.807) is 31.2 Å². The van der Waals surface area contributed by atoms with Crippen molar-refractivity contribution in [3.05, 3.63) is 87.9 Å². The van der Waals surface area contributed by atoms with Crippen LogP contribution in [0.4, 0.5) is 4.39 Å². The van der Waals surface area contributed by atoms with Gasteiger partial charge in [-0.05, 0) is 60.0 Å². The highest BCUT2D eigenvalue weighted by Crippen LogP contribution is 2.42. The number of fused-ring (bicyclic) bond motifs is 2. The van der Waals surface area contributed by atoms with E-state index in [1.807, 2.05) is 12.1 Å². The van der Waals surface area contributed by atoms with E-state index in [9.17, 15) is 14.3 Å². The second-order valence-corrected chi connectivity index (χ2v) is 9.63. The molecule has 3 aromatic rings. The quantitative estimate of drug-likeness (QED) is 0.515. The summed E-state index contributed by atoms with van der Waals surface area (Å²) in [5, 5.41) is 10.8. The SMILES string of the molecule is Cc1cc(O)c(CN2CCN(Cc3ccc4c(c3)OCO4)CC2)c2c1C(=O)C(=Cc1ccc(F)cc1)O2. The first-order valence-electron chi connectivity index (χ1n) is 12.3. The Morgan fingerprint density at radius 2 is 1.65 bits per heavy atom. The maximum absolute atomic E-state index is 13.3. The molecule has 0 atom stereocenters. The lowest BCUT2D eigenvalue weighted by atomic mass is 9.99. The molecular formula is C29H27FN2O5. The molecular weight excluding hydrogens is 475 g/mol. The van der Waals surface area contributed by atoms with Gasteiger partial charge in [-0.25, -0.2) is 4.39 Å². The van der Waals surface area contributed by atoms with Gasteiger partial charge in [-0.15, -0.1) is 0 Å². The monoisotopic (exact) mass is 502 g/mol. The van der Waals surface area contributed by atoms with Gasteiger partial charge in [0, 0.05) is 39.3 Å². The minimum atomic E-state index is -0.344. The van der Waals surface area contributed by atoms with E-state index >= 15 is 0 Å². The molecule has 0 amide bonds. The van der Waals surface area contributed by atoms with Crippen LogP contribution in [-0.4, -0.2) is 53.7 Å². The first-order valence-corrected chi connectivity index (χ1v) is 12.3. The van der Waals surface area contributed by atoms with Crippen molar-refractivity contribution >= 4 is 11.9 Å². The van der Waals surface area contributed by atoms with Crippen LogP contribution >= 0.6 is 0 Å². The number of aromatic hydroxyl groups is 1. The number of hydrogen-bond donors (Lipinski definition) is 1. The lowest BCUT2D eigenvalue weighted by molar-refractivity contribution is 0.101. The van der Waals surface area contributed by atoms with Gasteiger partial charge in [-0.3, -0.25) is 14.6 Å². The van der Waals surface area contributed by atoms with E-state index in [4.69, 9.17) is 14.2 Å². The molecule has 1 saturated heterocycles. The number of phenols is 1. The highest BCUT2D eigenvalue weighted by atomic mass is 19.1. The Morgan fingerprint density at radius 1 is 0.946 bits per heavy atom. The molecule has 0 unspecified atom stereocenters. The summed E-state index contributed by atoms with van der Waals surface area (Å²) >= 11 is 0. The van der Waals surface area contributed by atoms with Crippen molar-refractivity contribution < 1.29 is 28.5 Å². The molecule has 0 spiro atoms. The van der Waals surface area contributed by atoms with E-state index in [-0.39, 0.29) is 29.9 Å². The van der Waals surface area contributed by atoms with Crippen molar-refractivity contribution in [1.82, 2.24) is 9.80 Å². The summed E-state index contributed by atoms with van der Waals surface area (Å²) < 4.78 is 30.2. The standard InChI is InChI=1S/C29H27FN2O5/c1-18-12-23(33)22(29-27(18)28(34)26(37-29)13-19-2-5-21(30)6-3-19)16-32-10-8-31(9-11-32)15-20-4-7-24-25(14-20)36-17-35-24/h2-7,12-14,33H,8-11,15-17H2,1H3. The van der Waals surface area contributed by atoms with E-state index in [1.165, 1.54) is 17.7 Å². The summed E-state index contributed by atoms with van der Waals surface area (Å²) in [6, 6.07) is 13.6. The van der Waals surface area contributed by atoms with Crippen molar-refractivity contribution in [2.75, 3.05) is 33.0 Å². The van der Waals surface area contributed by atoms with Crippen LogP contribution < -0.4 is 14.2 Å². The molecule has 8 heteroatoms. The summed E-state index contributed by atoms with van der Waals surface area (Å²) in [7, 11) is 0. The lowest BCUT2D eigenvalue weighted by Gasteiger charge is -2.35. The number of hydrogen-bond acceptors (Lipinski definition) is 7. The van der Waals surface area contributed by atoms with E-state index in [0.29, 0.717) is 34.5 Å². The molecule has 3 aromatic carbocycles. The van der Waals surface area contributed by atoms with Crippen LogP contribution in [0.25, 0.3) is 6.08 Å². The molecule has 37 heavy (non-hydrogen) atoms. The van der Waals surface area contributed by atoms with Crippen LogP contribution in [0.2, 0.25) is 0 Å². The minimum absolute atomic E-state index is 0.120. The topological polar surface area (TPSA) is 71.5 Å². The molecule has 1 fully saturated rings. The fourth-order valence-electron chi connectivity index (χ4n) is 5.07. The molecule has 3 aliphatic rings. The van der Waals surface area contributed by atoms with Gasteiger partial charge in [0.15, 0.2) is 17.3 Å². The highest BCUT2D eigenvalue weighted by molar-refractivity contribution is 6.15. The van der Waals surface area contributed by atoms with Crippen molar-refractivity contribution in [3.8, 4) is 23.0 Å². The first-order chi connectivity index (χ1) is 17.9. The van der Waals surface area contributed by atoms with Crippen LogP contribution in [0.3, 0.4) is 0 Å². The number of nitrogens with zero attached hydrogens (tertiary/aromatic N) is 2. The number of piperazine rings is 1. The Bertz CT molecular complexity index is 1390. The number of halogens is 1. The zero-order chi connectivity index (χ0) is 25.5. The molecule has 0 aromatic heterocycles. The van der Waals surface area contributed by atoms with Crippen LogP contribution in [0.5, 0.6) is 23.0 Å². The number of ether oxygens (including phenoxy) is 3. The number of rotatable bonds is 5. The normalized spacial score (nSPS) is 18.3. The molecule has 0 bridgehead atoms. The zero-order valence-corrected chi connectivity index (χ0v) is 20.5. The van der Waals surface area contributed by atoms with Gasteiger partial charge in [0.25, 0.3) is 0 Å². The maximum atomic E-state index is 13.3. The summed E-state index contributed by atoms with van der Waals surface area (Å²) in [6.07, 6.45) is 1.61. The molecule has 7 nitrogen and oxygen atoms in total. The number of allylic oxidation sites excluding steroid dienone is 1. The number of aryl methyl sites for hydroxylation is 1. The molecule has 0 radical (unpaired) electrons. The highest BCUT2D eigenvalue weighted by Gasteiger charge is 2.34. The molecule has 3 heterocycles. The van der Waals surface area contributed by atoms with Gasteiger partial charge < -0.3 is 19.3 Å². The van der Waals surface area contributed by atoms with Gasteiger partial charge in [0.2, 0.25) is 12.6 Å². The molecule has 0 aliphatic carbocycles. The predicted octanol–water partition coefficient (Wildman–Crippen LogP) is 4.50. The van der Waals surface area contributed by atoms with E-state index < -0.39 is 0 Å². The van der Waals surface area contributed by atoms with Gasteiger partial charge in [-0.2, -0.15) is 0 Å². The molecule has 0 saturated carbocycles. The van der Waals surface area contributed by atoms with Crippen LogP contribution in [0.15, 0.2) is 54.3 Å². The summed E-state index contributed by atoms with van der Waals surface area (Å²) in [6.45, 7) is 6.74. The molecule has 190 valence electrons. The Balaban J connectivity index is 1.15. The number of ketones is 1. The number of carbonyl (C=O) groups is 1. The van der Waals surface area contributed by atoms with Crippen molar-refractivity contribution in [2.45, 2.75) is 20.0 Å². The third-order valence-electron chi connectivity index (χ3n) is 7.08. The second kappa shape index (κ2) is 9.53. The fraction of sp³-hybridized carbons (Fsp3) is 0.276. The van der Waals surface area contributed by atoms with Crippen molar-refractivity contribution in [1.29, 1.82) is 0 Å². The van der Waals surface area contributed by atoms with Crippen LogP contribution in [0, 0.1) is 12.7 Å². The fourth-order valence-corrected chi connectivity index (χ4v) is 5.07. The zero-order valence-electron chi connectivity index (χ0n) is 20.5. The van der Waals surface area contributed by atoms with Crippen molar-refractivity contribution in [3.63, 3.8) is 0 Å². The smallest absolute Gasteiger partial charge is 0.232 e. The minimum Gasteiger partial charge on any atom is -0.507 e. The third-order valence-corrected chi connectivity index (χ3v) is 7.08. The lowest BCUT2D eigenvalue weighted by Crippen LogP contribution is -2.45. The summed E-state index contributed by atoms with van der Waals surface area (Å²) in [4.78, 5) is 17.8. The molecule has 1 N–H and O–H groups in total. The third kappa shape index (κ3) is 4.65. The van der Waals surface area contributed by atoms with E-state index in [2.05, 4.69) is 15.9 Å².